The molecule has 0 saturated carbocycles. The van der Waals surface area contributed by atoms with Gasteiger partial charge in [-0.05, 0) is 6.07 Å². The molecule has 5 nitrogen and oxygen atoms in total. The summed E-state index contributed by atoms with van der Waals surface area (Å²) in [4.78, 5) is 3.86. The molecule has 0 radical (unpaired) electrons. The predicted octanol–water partition coefficient (Wildman–Crippen LogP) is 2.22. The molecule has 1 aliphatic heterocycles. The van der Waals surface area contributed by atoms with Gasteiger partial charge in [-0.15, -0.1) is 0 Å². The summed E-state index contributed by atoms with van der Waals surface area (Å²) in [7, 11) is 0. The normalized spacial score (nSPS) is 25.4. The topological polar surface area (TPSA) is 49.2 Å². The van der Waals surface area contributed by atoms with Crippen molar-refractivity contribution < 1.29 is 18.3 Å². The lowest BCUT2D eigenvalue weighted by molar-refractivity contribution is -0.0842. The molecule has 0 bridgehead atoms. The lowest BCUT2D eigenvalue weighted by Crippen LogP contribution is -2.36. The molecule has 2 atom stereocenters. The molecule has 0 aliphatic carbocycles. The number of ether oxygens (including phenoxy) is 2. The van der Waals surface area contributed by atoms with E-state index in [9.17, 15) is 8.78 Å². The van der Waals surface area contributed by atoms with Crippen LogP contribution in [0.1, 0.15) is 5.56 Å². The van der Waals surface area contributed by atoms with Crippen LogP contribution in [0.5, 0.6) is 0 Å². The maximum atomic E-state index is 14.2. The highest BCUT2D eigenvalue weighted by Gasteiger charge is 2.45. The molecule has 0 spiro atoms. The minimum atomic E-state index is -1.07. The van der Waals surface area contributed by atoms with E-state index in [4.69, 9.17) is 9.47 Å². The van der Waals surface area contributed by atoms with Crippen molar-refractivity contribution in [1.29, 1.82) is 0 Å². The molecule has 1 saturated heterocycles. The van der Waals surface area contributed by atoms with Gasteiger partial charge in [0, 0.05) is 11.6 Å². The summed E-state index contributed by atoms with van der Waals surface area (Å²) >= 11 is 3.27. The van der Waals surface area contributed by atoms with Crippen molar-refractivity contribution in [2.24, 2.45) is 0 Å². The molecule has 0 unspecified atom stereocenters. The number of halogens is 3. The second-order valence-electron chi connectivity index (χ2n) is 4.72. The van der Waals surface area contributed by atoms with Crippen molar-refractivity contribution in [3.63, 3.8) is 0 Å². The first kappa shape index (κ1) is 14.6. The van der Waals surface area contributed by atoms with Crippen LogP contribution >= 0.6 is 15.9 Å². The summed E-state index contributed by atoms with van der Waals surface area (Å²) in [5, 5.41) is 4.46. The Morgan fingerprint density at radius 2 is 2.29 bits per heavy atom. The Labute approximate surface area is 128 Å². The van der Waals surface area contributed by atoms with E-state index in [1.54, 1.807) is 0 Å². The molecule has 8 heteroatoms. The van der Waals surface area contributed by atoms with E-state index in [1.807, 2.05) is 0 Å². The minimum Gasteiger partial charge on any atom is -0.348 e. The van der Waals surface area contributed by atoms with Crippen LogP contribution in [0, 0.1) is 11.6 Å². The van der Waals surface area contributed by atoms with Crippen LogP contribution in [0.2, 0.25) is 0 Å². The van der Waals surface area contributed by atoms with Crippen LogP contribution < -0.4 is 0 Å². The summed E-state index contributed by atoms with van der Waals surface area (Å²) in [6.45, 7) is 0.366. The Balaban J connectivity index is 1.99. The number of nitrogens with zero attached hydrogens (tertiary/aromatic N) is 3. The average molecular weight is 360 g/mol. The molecule has 1 aliphatic rings. The van der Waals surface area contributed by atoms with Crippen LogP contribution in [0.15, 0.2) is 30.9 Å². The fraction of sp³-hybridized carbons (Fsp3) is 0.385. The van der Waals surface area contributed by atoms with E-state index in [1.165, 1.54) is 29.5 Å². The number of rotatable bonds is 4. The standard InChI is InChI=1S/C13H12BrF2N3O2/c14-4-12-20-6-13(21-12,5-19-8-17-7-18-19)10-2-1-9(15)3-11(10)16/h1-3,7-8,12H,4-6H2/t12-,13-/m0/s1. The van der Waals surface area contributed by atoms with Crippen LogP contribution in [0.4, 0.5) is 8.78 Å². The SMILES string of the molecule is Fc1ccc([C@]2(Cn3cncn3)CO[C@H](CBr)O2)c(F)c1. The second kappa shape index (κ2) is 5.78. The highest BCUT2D eigenvalue weighted by Crippen LogP contribution is 2.37. The molecule has 21 heavy (non-hydrogen) atoms. The molecule has 2 heterocycles. The zero-order valence-corrected chi connectivity index (χ0v) is 12.5. The molecule has 1 aromatic carbocycles. The molecule has 3 rings (SSSR count). The third kappa shape index (κ3) is 2.83. The fourth-order valence-electron chi connectivity index (χ4n) is 2.37. The van der Waals surface area contributed by atoms with Gasteiger partial charge in [-0.2, -0.15) is 5.10 Å². The Morgan fingerprint density at radius 1 is 1.43 bits per heavy atom. The lowest BCUT2D eigenvalue weighted by Gasteiger charge is -2.28. The Morgan fingerprint density at radius 3 is 2.90 bits per heavy atom. The molecule has 1 fully saturated rings. The Bertz CT molecular complexity index is 626. The number of aromatic nitrogens is 3. The minimum absolute atomic E-state index is 0.145. The first-order chi connectivity index (χ1) is 10.1. The largest absolute Gasteiger partial charge is 0.348 e. The maximum Gasteiger partial charge on any atom is 0.168 e. The summed E-state index contributed by atoms with van der Waals surface area (Å²) in [5.74, 6) is -1.31. The van der Waals surface area contributed by atoms with Gasteiger partial charge < -0.3 is 9.47 Å². The van der Waals surface area contributed by atoms with Crippen molar-refractivity contribution in [3.05, 3.63) is 48.1 Å². The van der Waals surface area contributed by atoms with Crippen molar-refractivity contribution in [2.75, 3.05) is 11.9 Å². The fourth-order valence-corrected chi connectivity index (χ4v) is 2.69. The maximum absolute atomic E-state index is 14.2. The number of benzene rings is 1. The molecular formula is C13H12BrF2N3O2. The highest BCUT2D eigenvalue weighted by atomic mass is 79.9. The monoisotopic (exact) mass is 359 g/mol. The zero-order chi connectivity index (χ0) is 14.9. The highest BCUT2D eigenvalue weighted by molar-refractivity contribution is 9.09. The lowest BCUT2D eigenvalue weighted by atomic mass is 9.94. The van der Waals surface area contributed by atoms with Crippen molar-refractivity contribution >= 4 is 15.9 Å². The third-order valence-corrected chi connectivity index (χ3v) is 3.82. The number of hydrogen-bond donors (Lipinski definition) is 0. The van der Waals surface area contributed by atoms with E-state index in [2.05, 4.69) is 26.0 Å². The zero-order valence-electron chi connectivity index (χ0n) is 10.9. The van der Waals surface area contributed by atoms with E-state index in [0.29, 0.717) is 5.33 Å². The molecule has 1 aromatic heterocycles. The Kier molecular flexibility index (Phi) is 4.01. The van der Waals surface area contributed by atoms with Crippen LogP contribution in [-0.4, -0.2) is 33.0 Å². The van der Waals surface area contributed by atoms with Crippen molar-refractivity contribution in [2.45, 2.75) is 18.4 Å². The number of alkyl halides is 1. The number of hydrogen-bond acceptors (Lipinski definition) is 4. The van der Waals surface area contributed by atoms with E-state index in [-0.39, 0.29) is 18.7 Å². The first-order valence-electron chi connectivity index (χ1n) is 6.26. The van der Waals surface area contributed by atoms with E-state index < -0.39 is 23.5 Å². The molecule has 0 N–H and O–H groups in total. The molecular weight excluding hydrogens is 348 g/mol. The van der Waals surface area contributed by atoms with Crippen LogP contribution in [-0.2, 0) is 21.6 Å². The second-order valence-corrected chi connectivity index (χ2v) is 5.37. The summed E-state index contributed by atoms with van der Waals surface area (Å²) in [6.07, 6.45) is 2.39. The Hall–Kier alpha value is -1.38. The van der Waals surface area contributed by atoms with E-state index in [0.717, 1.165) is 6.07 Å². The quantitative estimate of drug-likeness (QED) is 0.785. The molecule has 0 amide bonds. The van der Waals surface area contributed by atoms with Crippen molar-refractivity contribution in [3.8, 4) is 0 Å². The van der Waals surface area contributed by atoms with Gasteiger partial charge in [0.25, 0.3) is 0 Å². The van der Waals surface area contributed by atoms with Crippen LogP contribution in [0.3, 0.4) is 0 Å². The van der Waals surface area contributed by atoms with Gasteiger partial charge in [-0.25, -0.2) is 18.4 Å². The molecule has 112 valence electrons. The summed E-state index contributed by atoms with van der Waals surface area (Å²) in [5.41, 5.74) is -0.827. The first-order valence-corrected chi connectivity index (χ1v) is 7.38. The van der Waals surface area contributed by atoms with Gasteiger partial charge in [0.1, 0.15) is 29.9 Å². The van der Waals surface area contributed by atoms with Gasteiger partial charge >= 0.3 is 0 Å². The predicted molar refractivity (Wildman–Crippen MR) is 72.7 cm³/mol. The van der Waals surface area contributed by atoms with Gasteiger partial charge in [-0.1, -0.05) is 22.0 Å². The van der Waals surface area contributed by atoms with Gasteiger partial charge in [-0.3, -0.25) is 0 Å². The summed E-state index contributed by atoms with van der Waals surface area (Å²) < 4.78 is 40.2. The van der Waals surface area contributed by atoms with Crippen molar-refractivity contribution in [1.82, 2.24) is 14.8 Å². The van der Waals surface area contributed by atoms with Gasteiger partial charge in [0.15, 0.2) is 6.29 Å². The summed E-state index contributed by atoms with van der Waals surface area (Å²) in [6, 6.07) is 3.41. The molecule has 2 aromatic rings. The van der Waals surface area contributed by atoms with Crippen LogP contribution in [0.25, 0.3) is 0 Å². The smallest absolute Gasteiger partial charge is 0.168 e. The van der Waals surface area contributed by atoms with E-state index >= 15 is 0 Å². The average Bonchev–Trinajstić information content (AvgIpc) is 3.09. The van der Waals surface area contributed by atoms with Gasteiger partial charge in [0.2, 0.25) is 0 Å². The van der Waals surface area contributed by atoms with Gasteiger partial charge in [0.05, 0.1) is 18.5 Å². The third-order valence-electron chi connectivity index (χ3n) is 3.29.